The fraction of sp³-hybridized carbons (Fsp3) is 0.481. The lowest BCUT2D eigenvalue weighted by molar-refractivity contribution is -0.143. The zero-order chi connectivity index (χ0) is 25.9. The zero-order valence-corrected chi connectivity index (χ0v) is 22.0. The summed E-state index contributed by atoms with van der Waals surface area (Å²) in [5, 5.41) is 14.4. The summed E-state index contributed by atoms with van der Waals surface area (Å²) in [6.45, 7) is 10.1. The Morgan fingerprint density at radius 2 is 1.74 bits per heavy atom. The summed E-state index contributed by atoms with van der Waals surface area (Å²) < 4.78 is 5.49. The number of carboxylic acids is 1. The number of aliphatic carboxylic acids is 1. The van der Waals surface area contributed by atoms with Gasteiger partial charge in [0.25, 0.3) is 0 Å². The maximum atomic E-state index is 14.0. The minimum Gasteiger partial charge on any atom is -0.496 e. The second-order valence-corrected chi connectivity index (χ2v) is 10.1. The first-order valence-electron chi connectivity index (χ1n) is 12.0. The summed E-state index contributed by atoms with van der Waals surface area (Å²) in [4.78, 5) is 29.8. The number of hydrogen-bond donors (Lipinski definition) is 2. The van der Waals surface area contributed by atoms with Crippen molar-refractivity contribution >= 4 is 23.6 Å². The van der Waals surface area contributed by atoms with Crippen LogP contribution in [-0.4, -0.2) is 58.2 Å². The van der Waals surface area contributed by atoms with Crippen LogP contribution in [0.2, 0.25) is 5.02 Å². The number of carboxylic acid groups (broad SMARTS) is 1. The van der Waals surface area contributed by atoms with E-state index in [9.17, 15) is 14.7 Å². The summed E-state index contributed by atoms with van der Waals surface area (Å²) in [5.41, 5.74) is 1.79. The Hall–Kier alpha value is -2.77. The van der Waals surface area contributed by atoms with Crippen molar-refractivity contribution in [2.45, 2.75) is 71.4 Å². The highest BCUT2D eigenvalue weighted by molar-refractivity contribution is 6.30. The number of carbonyl (C=O) groups excluding carboxylic acids is 1. The zero-order valence-electron chi connectivity index (χ0n) is 21.2. The van der Waals surface area contributed by atoms with Gasteiger partial charge in [-0.15, -0.1) is 0 Å². The molecule has 0 aliphatic carbocycles. The molecule has 2 N–H and O–H groups in total. The number of nitrogens with zero attached hydrogens (tertiary/aromatic N) is 2. The van der Waals surface area contributed by atoms with E-state index in [0.29, 0.717) is 17.3 Å². The highest BCUT2D eigenvalue weighted by Gasteiger charge is 2.53. The van der Waals surface area contributed by atoms with Gasteiger partial charge in [-0.3, -0.25) is 0 Å². The van der Waals surface area contributed by atoms with Crippen LogP contribution in [0.1, 0.15) is 51.8 Å². The van der Waals surface area contributed by atoms with E-state index in [4.69, 9.17) is 16.3 Å². The first-order valence-corrected chi connectivity index (χ1v) is 12.4. The number of carbonyl (C=O) groups is 2. The minimum absolute atomic E-state index is 0.0750. The molecule has 4 atom stereocenters. The van der Waals surface area contributed by atoms with Gasteiger partial charge in [-0.2, -0.15) is 0 Å². The van der Waals surface area contributed by atoms with Crippen LogP contribution >= 0.6 is 11.6 Å². The van der Waals surface area contributed by atoms with E-state index >= 15 is 0 Å². The van der Waals surface area contributed by atoms with Crippen molar-refractivity contribution in [1.82, 2.24) is 15.1 Å². The molecule has 0 aromatic heterocycles. The summed E-state index contributed by atoms with van der Waals surface area (Å²) in [5.74, 6) is -0.700. The topological polar surface area (TPSA) is 82.1 Å². The van der Waals surface area contributed by atoms with Crippen LogP contribution in [-0.2, 0) is 11.3 Å². The molecular weight excluding hydrogens is 466 g/mol. The smallest absolute Gasteiger partial charge is 0.326 e. The third kappa shape index (κ3) is 5.57. The van der Waals surface area contributed by atoms with Gasteiger partial charge in [0.2, 0.25) is 0 Å². The van der Waals surface area contributed by atoms with Crippen LogP contribution in [0, 0.1) is 5.92 Å². The van der Waals surface area contributed by atoms with Gasteiger partial charge in [0.05, 0.1) is 13.2 Å². The first-order chi connectivity index (χ1) is 16.6. The van der Waals surface area contributed by atoms with E-state index < -0.39 is 18.1 Å². The van der Waals surface area contributed by atoms with E-state index in [1.54, 1.807) is 29.0 Å². The van der Waals surface area contributed by atoms with E-state index in [2.05, 4.69) is 5.32 Å². The number of ether oxygens (including phenoxy) is 1. The quantitative estimate of drug-likeness (QED) is 0.520. The average Bonchev–Trinajstić information content (AvgIpc) is 3.10. The summed E-state index contributed by atoms with van der Waals surface area (Å²) in [6.07, 6.45) is 0. The third-order valence-electron chi connectivity index (χ3n) is 6.73. The Morgan fingerprint density at radius 3 is 2.29 bits per heavy atom. The summed E-state index contributed by atoms with van der Waals surface area (Å²) in [6, 6.07) is 12.9. The number of rotatable bonds is 8. The first kappa shape index (κ1) is 26.8. The van der Waals surface area contributed by atoms with Gasteiger partial charge in [-0.1, -0.05) is 54.9 Å². The lowest BCUT2D eigenvalue weighted by Gasteiger charge is -2.39. The molecule has 2 aromatic carbocycles. The summed E-state index contributed by atoms with van der Waals surface area (Å²) in [7, 11) is 1.59. The van der Waals surface area contributed by atoms with Crippen LogP contribution in [0.15, 0.2) is 48.5 Å². The van der Waals surface area contributed by atoms with Crippen molar-refractivity contribution < 1.29 is 19.4 Å². The lowest BCUT2D eigenvalue weighted by Crippen LogP contribution is -2.54. The molecule has 1 fully saturated rings. The second kappa shape index (κ2) is 11.3. The molecule has 1 heterocycles. The van der Waals surface area contributed by atoms with Crippen LogP contribution in [0.25, 0.3) is 0 Å². The Bertz CT molecular complexity index is 1020. The van der Waals surface area contributed by atoms with Crippen molar-refractivity contribution in [3.05, 3.63) is 64.7 Å². The number of halogens is 1. The van der Waals surface area contributed by atoms with Crippen LogP contribution in [0.4, 0.5) is 4.79 Å². The van der Waals surface area contributed by atoms with Crippen LogP contribution < -0.4 is 10.1 Å². The number of nitrogens with one attached hydrogen (secondary N) is 1. The molecule has 2 aromatic rings. The molecule has 190 valence electrons. The molecule has 1 aliphatic rings. The Balaban J connectivity index is 2.05. The molecule has 1 aliphatic heterocycles. The van der Waals surface area contributed by atoms with E-state index in [1.807, 2.05) is 71.0 Å². The number of urea groups is 1. The standard InChI is InChI=1S/C27H36ClN3O4/c1-16(2)30(17(3)4)27(34)31-24(26(32)33)18(5)23(25(31)19-10-8-7-9-11-19)29-15-20-12-13-21(28)14-22(20)35-6/h7-14,16-18,23-25,29H,15H2,1-6H3,(H,32,33). The van der Waals surface area contributed by atoms with Crippen LogP contribution in [0.3, 0.4) is 0 Å². The molecule has 35 heavy (non-hydrogen) atoms. The highest BCUT2D eigenvalue weighted by Crippen LogP contribution is 2.42. The van der Waals surface area contributed by atoms with Crippen molar-refractivity contribution in [3.8, 4) is 5.75 Å². The highest BCUT2D eigenvalue weighted by atomic mass is 35.5. The van der Waals surface area contributed by atoms with Crippen molar-refractivity contribution in [1.29, 1.82) is 0 Å². The molecular formula is C27H36ClN3O4. The van der Waals surface area contributed by atoms with E-state index in [1.165, 1.54) is 0 Å². The van der Waals surface area contributed by atoms with E-state index in [-0.39, 0.29) is 30.1 Å². The van der Waals surface area contributed by atoms with Gasteiger partial charge in [0, 0.05) is 41.2 Å². The Labute approximate surface area is 213 Å². The third-order valence-corrected chi connectivity index (χ3v) is 6.97. The van der Waals surface area contributed by atoms with Crippen molar-refractivity contribution in [2.24, 2.45) is 5.92 Å². The molecule has 8 heteroatoms. The SMILES string of the molecule is COc1cc(Cl)ccc1CNC1C(C)C(C(=O)O)N(C(=O)N(C(C)C)C(C)C)C1c1ccccc1. The second-order valence-electron chi connectivity index (χ2n) is 9.65. The molecule has 0 spiro atoms. The Morgan fingerprint density at radius 1 is 1.11 bits per heavy atom. The molecule has 7 nitrogen and oxygen atoms in total. The van der Waals surface area contributed by atoms with Gasteiger partial charge in [0.15, 0.2) is 0 Å². The molecule has 3 rings (SSSR count). The molecule has 0 radical (unpaired) electrons. The number of amides is 2. The predicted octanol–water partition coefficient (Wildman–Crippen LogP) is 5.19. The number of benzene rings is 2. The van der Waals surface area contributed by atoms with E-state index in [0.717, 1.165) is 11.1 Å². The molecule has 0 saturated carbocycles. The number of hydrogen-bond acceptors (Lipinski definition) is 4. The monoisotopic (exact) mass is 501 g/mol. The van der Waals surface area contributed by atoms with Gasteiger partial charge in [0.1, 0.15) is 11.8 Å². The molecule has 0 bridgehead atoms. The molecule has 2 amide bonds. The fourth-order valence-corrected chi connectivity index (χ4v) is 5.41. The fourth-order valence-electron chi connectivity index (χ4n) is 5.24. The Kier molecular flexibility index (Phi) is 8.67. The average molecular weight is 502 g/mol. The number of likely N-dealkylation sites (tertiary alicyclic amines) is 1. The predicted molar refractivity (Wildman–Crippen MR) is 138 cm³/mol. The maximum absolute atomic E-state index is 14.0. The normalized spacial score (nSPS) is 22.0. The molecule has 4 unspecified atom stereocenters. The lowest BCUT2D eigenvalue weighted by atomic mass is 9.92. The van der Waals surface area contributed by atoms with Gasteiger partial charge in [-0.25, -0.2) is 9.59 Å². The van der Waals surface area contributed by atoms with Gasteiger partial charge >= 0.3 is 12.0 Å². The maximum Gasteiger partial charge on any atom is 0.326 e. The van der Waals surface area contributed by atoms with Crippen molar-refractivity contribution in [3.63, 3.8) is 0 Å². The minimum atomic E-state index is -1.01. The largest absolute Gasteiger partial charge is 0.496 e. The number of methoxy groups -OCH3 is 1. The summed E-state index contributed by atoms with van der Waals surface area (Å²) >= 11 is 6.12. The molecule has 1 saturated heterocycles. The van der Waals surface area contributed by atoms with Gasteiger partial charge < -0.3 is 25.0 Å². The van der Waals surface area contributed by atoms with Crippen molar-refractivity contribution in [2.75, 3.05) is 7.11 Å². The van der Waals surface area contributed by atoms with Gasteiger partial charge in [-0.05, 0) is 45.4 Å². The van der Waals surface area contributed by atoms with Crippen LogP contribution in [0.5, 0.6) is 5.75 Å².